The average molecular weight is 199 g/mol. The molecule has 1 unspecified atom stereocenters. The third kappa shape index (κ3) is 1.35. The van der Waals surface area contributed by atoms with E-state index in [0.29, 0.717) is 12.8 Å². The summed E-state index contributed by atoms with van der Waals surface area (Å²) < 4.78 is 27.3. The van der Waals surface area contributed by atoms with Gasteiger partial charge in [0.05, 0.1) is 0 Å². The van der Waals surface area contributed by atoms with Gasteiger partial charge in [0.25, 0.3) is 0 Å². The molecule has 76 valence electrons. The number of carbonyl (C=O) groups is 1. The van der Waals surface area contributed by atoms with Gasteiger partial charge in [-0.25, -0.2) is 8.78 Å². The number of primary amides is 1. The fourth-order valence-electron chi connectivity index (χ4n) is 1.78. The van der Waals surface area contributed by atoms with Crippen LogP contribution < -0.4 is 5.73 Å². The molecule has 0 heterocycles. The number of rotatable bonds is 2. The maximum Gasteiger partial charge on any atom is 0.244 e. The molecule has 0 aromatic carbocycles. The monoisotopic (exact) mass is 199 g/mol. The summed E-state index contributed by atoms with van der Waals surface area (Å²) in [5, 5.41) is 0. The van der Waals surface area contributed by atoms with Crippen LogP contribution in [0.25, 0.3) is 0 Å². The first-order chi connectivity index (χ1) is 6.54. The van der Waals surface area contributed by atoms with Gasteiger partial charge in [0.2, 0.25) is 5.91 Å². The van der Waals surface area contributed by atoms with E-state index in [1.807, 2.05) is 0 Å². The van der Waals surface area contributed by atoms with Crippen molar-refractivity contribution in [1.29, 1.82) is 0 Å². The number of hydrogen-bond donors (Lipinski definition) is 1. The van der Waals surface area contributed by atoms with E-state index in [9.17, 15) is 13.6 Å². The zero-order valence-electron chi connectivity index (χ0n) is 7.59. The lowest BCUT2D eigenvalue weighted by Gasteiger charge is -2.26. The van der Waals surface area contributed by atoms with E-state index < -0.39 is 17.4 Å². The zero-order chi connectivity index (χ0) is 10.3. The van der Waals surface area contributed by atoms with Gasteiger partial charge >= 0.3 is 0 Å². The molecule has 0 radical (unpaired) electrons. The van der Waals surface area contributed by atoms with Crippen molar-refractivity contribution in [3.05, 3.63) is 23.6 Å². The van der Waals surface area contributed by atoms with Gasteiger partial charge in [-0.15, -0.1) is 0 Å². The number of carbonyl (C=O) groups excluding carboxylic acids is 1. The van der Waals surface area contributed by atoms with Gasteiger partial charge < -0.3 is 5.73 Å². The summed E-state index contributed by atoms with van der Waals surface area (Å²) in [4.78, 5) is 10.8. The largest absolute Gasteiger partial charge is 0.366 e. The molecule has 0 saturated heterocycles. The van der Waals surface area contributed by atoms with E-state index in [1.54, 1.807) is 0 Å². The summed E-state index contributed by atoms with van der Waals surface area (Å²) in [6.45, 7) is 0. The molecule has 0 spiro atoms. The van der Waals surface area contributed by atoms with E-state index in [0.717, 1.165) is 6.08 Å². The minimum absolute atomic E-state index is 0.167. The third-order valence-corrected chi connectivity index (χ3v) is 2.82. The number of nitrogens with two attached hydrogens (primary N) is 1. The Morgan fingerprint density at radius 2 is 2.14 bits per heavy atom. The first kappa shape index (κ1) is 9.37. The molecule has 2 rings (SSSR count). The Bertz CT molecular complexity index is 344. The van der Waals surface area contributed by atoms with Crippen LogP contribution in [0.2, 0.25) is 0 Å². The Morgan fingerprint density at radius 1 is 1.50 bits per heavy atom. The van der Waals surface area contributed by atoms with Crippen molar-refractivity contribution in [1.82, 2.24) is 0 Å². The molecule has 1 saturated carbocycles. The van der Waals surface area contributed by atoms with Gasteiger partial charge in [-0.05, 0) is 24.8 Å². The molecule has 0 aromatic rings. The van der Waals surface area contributed by atoms with Crippen LogP contribution in [0.3, 0.4) is 0 Å². The van der Waals surface area contributed by atoms with Crippen molar-refractivity contribution in [3.8, 4) is 0 Å². The van der Waals surface area contributed by atoms with Gasteiger partial charge in [0.15, 0.2) is 5.67 Å². The lowest BCUT2D eigenvalue weighted by Crippen LogP contribution is -2.32. The predicted molar refractivity (Wildman–Crippen MR) is 47.6 cm³/mol. The van der Waals surface area contributed by atoms with Crippen LogP contribution in [0.5, 0.6) is 0 Å². The predicted octanol–water partition coefficient (Wildman–Crippen LogP) is 1.77. The summed E-state index contributed by atoms with van der Waals surface area (Å²) in [6, 6.07) is 0. The molecule has 2 nitrogen and oxygen atoms in total. The van der Waals surface area contributed by atoms with Gasteiger partial charge in [0.1, 0.15) is 5.83 Å². The number of amides is 1. The number of allylic oxidation sites excluding steroid dienone is 3. The molecular weight excluding hydrogens is 188 g/mol. The molecular formula is C10H11F2NO. The summed E-state index contributed by atoms with van der Waals surface area (Å²) in [5.41, 5.74) is 3.22. The quantitative estimate of drug-likeness (QED) is 0.723. The van der Waals surface area contributed by atoms with Crippen molar-refractivity contribution in [2.24, 2.45) is 11.7 Å². The first-order valence-corrected chi connectivity index (χ1v) is 4.59. The Morgan fingerprint density at radius 3 is 2.64 bits per heavy atom. The molecule has 1 atom stereocenters. The SMILES string of the molecule is NC(=O)C1=CC=C(F)C(F)(C2CC2)C1. The highest BCUT2D eigenvalue weighted by atomic mass is 19.2. The molecule has 0 bridgehead atoms. The molecule has 2 N–H and O–H groups in total. The lowest BCUT2D eigenvalue weighted by molar-refractivity contribution is -0.115. The van der Waals surface area contributed by atoms with Crippen LogP contribution in [-0.2, 0) is 4.79 Å². The maximum atomic E-state index is 14.1. The minimum Gasteiger partial charge on any atom is -0.366 e. The lowest BCUT2D eigenvalue weighted by atomic mass is 9.86. The van der Waals surface area contributed by atoms with Crippen molar-refractivity contribution in [2.75, 3.05) is 0 Å². The second kappa shape index (κ2) is 2.90. The van der Waals surface area contributed by atoms with E-state index in [2.05, 4.69) is 0 Å². The Labute approximate surface area is 80.5 Å². The highest BCUT2D eigenvalue weighted by Gasteiger charge is 2.51. The van der Waals surface area contributed by atoms with Crippen LogP contribution in [0.4, 0.5) is 8.78 Å². The van der Waals surface area contributed by atoms with Crippen molar-refractivity contribution in [3.63, 3.8) is 0 Å². The Kier molecular flexibility index (Phi) is 1.94. The molecule has 2 aliphatic rings. The molecule has 1 fully saturated rings. The van der Waals surface area contributed by atoms with Crippen LogP contribution in [0, 0.1) is 5.92 Å². The maximum absolute atomic E-state index is 14.1. The molecule has 4 heteroatoms. The van der Waals surface area contributed by atoms with Crippen molar-refractivity contribution >= 4 is 5.91 Å². The average Bonchev–Trinajstić information content (AvgIpc) is 2.92. The molecule has 14 heavy (non-hydrogen) atoms. The minimum atomic E-state index is -1.97. The van der Waals surface area contributed by atoms with Crippen LogP contribution >= 0.6 is 0 Å². The van der Waals surface area contributed by atoms with Gasteiger partial charge in [-0.1, -0.05) is 6.08 Å². The smallest absolute Gasteiger partial charge is 0.244 e. The van der Waals surface area contributed by atoms with E-state index in [-0.39, 0.29) is 17.9 Å². The van der Waals surface area contributed by atoms with E-state index in [1.165, 1.54) is 6.08 Å². The third-order valence-electron chi connectivity index (χ3n) is 2.82. The van der Waals surface area contributed by atoms with Crippen LogP contribution in [0.15, 0.2) is 23.6 Å². The fraction of sp³-hybridized carbons (Fsp3) is 0.500. The molecule has 0 aliphatic heterocycles. The standard InChI is InChI=1S/C10H11F2NO/c11-8-4-1-6(9(13)14)5-10(8,12)7-2-3-7/h1,4,7H,2-3,5H2,(H2,13,14). The Balaban J connectivity index is 2.27. The fourth-order valence-corrected chi connectivity index (χ4v) is 1.78. The van der Waals surface area contributed by atoms with E-state index >= 15 is 0 Å². The number of halogens is 2. The van der Waals surface area contributed by atoms with Crippen LogP contribution in [0.1, 0.15) is 19.3 Å². The van der Waals surface area contributed by atoms with Gasteiger partial charge in [-0.3, -0.25) is 4.79 Å². The summed E-state index contributed by atoms with van der Waals surface area (Å²) >= 11 is 0. The first-order valence-electron chi connectivity index (χ1n) is 4.59. The van der Waals surface area contributed by atoms with Crippen molar-refractivity contribution < 1.29 is 13.6 Å². The number of alkyl halides is 1. The Hall–Kier alpha value is -1.19. The summed E-state index contributed by atoms with van der Waals surface area (Å²) in [7, 11) is 0. The molecule has 0 aromatic heterocycles. The van der Waals surface area contributed by atoms with Gasteiger partial charge in [-0.2, -0.15) is 0 Å². The highest BCUT2D eigenvalue weighted by Crippen LogP contribution is 2.51. The molecule has 1 amide bonds. The second-order valence-corrected chi connectivity index (χ2v) is 3.88. The second-order valence-electron chi connectivity index (χ2n) is 3.88. The normalized spacial score (nSPS) is 32.1. The zero-order valence-corrected chi connectivity index (χ0v) is 7.59. The highest BCUT2D eigenvalue weighted by molar-refractivity contribution is 5.92. The van der Waals surface area contributed by atoms with E-state index in [4.69, 9.17) is 5.73 Å². The molecule has 2 aliphatic carbocycles. The number of hydrogen-bond acceptors (Lipinski definition) is 1. The van der Waals surface area contributed by atoms with Gasteiger partial charge in [0, 0.05) is 12.0 Å². The topological polar surface area (TPSA) is 43.1 Å². The summed E-state index contributed by atoms with van der Waals surface area (Å²) in [6.07, 6.45) is 3.43. The van der Waals surface area contributed by atoms with Crippen LogP contribution in [-0.4, -0.2) is 11.6 Å². The summed E-state index contributed by atoms with van der Waals surface area (Å²) in [5.74, 6) is -1.72. The van der Waals surface area contributed by atoms with Crippen molar-refractivity contribution in [2.45, 2.75) is 24.9 Å².